The molecular weight excluding hydrogens is 315 g/mol. The number of piperidine rings is 1. The molecule has 0 saturated carbocycles. The van der Waals surface area contributed by atoms with Crippen LogP contribution in [0.15, 0.2) is 29.3 Å². The van der Waals surface area contributed by atoms with Crippen LogP contribution in [0.5, 0.6) is 0 Å². The summed E-state index contributed by atoms with van der Waals surface area (Å²) in [6.07, 6.45) is 2.52. The highest BCUT2D eigenvalue weighted by atomic mass is 19.1. The van der Waals surface area contributed by atoms with Gasteiger partial charge >= 0.3 is 0 Å². The van der Waals surface area contributed by atoms with E-state index in [9.17, 15) is 4.39 Å². The topological polar surface area (TPSA) is 39.7 Å². The summed E-state index contributed by atoms with van der Waals surface area (Å²) in [6.45, 7) is 12.2. The fourth-order valence-electron chi connectivity index (χ4n) is 3.37. The van der Waals surface area contributed by atoms with Crippen molar-refractivity contribution in [1.29, 1.82) is 0 Å². The first-order chi connectivity index (χ1) is 12.1. The number of guanidine groups is 1. The lowest BCUT2D eigenvalue weighted by atomic mass is 9.97. The Morgan fingerprint density at radius 2 is 2.12 bits per heavy atom. The minimum atomic E-state index is -0.196. The normalized spacial score (nSPS) is 19.2. The van der Waals surface area contributed by atoms with Crippen LogP contribution in [0.25, 0.3) is 0 Å². The van der Waals surface area contributed by atoms with Crippen LogP contribution in [-0.4, -0.2) is 43.6 Å². The predicted octanol–water partition coefficient (Wildman–Crippen LogP) is 3.25. The Morgan fingerprint density at radius 1 is 1.32 bits per heavy atom. The summed E-state index contributed by atoms with van der Waals surface area (Å²) < 4.78 is 13.7. The SMILES string of the molecule is CCNC(=NCc1ccccc1F)NCC1CCCN(CC(C)C)C1. The Labute approximate surface area is 151 Å². The zero-order valence-electron chi connectivity index (χ0n) is 15.9. The van der Waals surface area contributed by atoms with Gasteiger partial charge in [0.1, 0.15) is 5.82 Å². The van der Waals surface area contributed by atoms with Gasteiger partial charge in [-0.3, -0.25) is 0 Å². The highest BCUT2D eigenvalue weighted by molar-refractivity contribution is 5.79. The molecule has 1 fully saturated rings. The molecule has 0 spiro atoms. The summed E-state index contributed by atoms with van der Waals surface area (Å²) in [5.74, 6) is 1.93. The monoisotopic (exact) mass is 348 g/mol. The van der Waals surface area contributed by atoms with Crippen LogP contribution in [0.1, 0.15) is 39.2 Å². The van der Waals surface area contributed by atoms with E-state index in [1.165, 1.54) is 32.0 Å². The van der Waals surface area contributed by atoms with E-state index < -0.39 is 0 Å². The van der Waals surface area contributed by atoms with E-state index in [2.05, 4.69) is 34.4 Å². The standard InChI is InChI=1S/C20H33FN4/c1-4-22-20(24-13-18-9-5-6-10-19(18)21)23-12-17-8-7-11-25(15-17)14-16(2)3/h5-6,9-10,16-17H,4,7-8,11-15H2,1-3H3,(H2,22,23,24). The lowest BCUT2D eigenvalue weighted by Crippen LogP contribution is -2.45. The second-order valence-electron chi connectivity index (χ2n) is 7.33. The average Bonchev–Trinajstić information content (AvgIpc) is 2.58. The van der Waals surface area contributed by atoms with Crippen molar-refractivity contribution in [3.8, 4) is 0 Å². The predicted molar refractivity (Wildman–Crippen MR) is 103 cm³/mol. The highest BCUT2D eigenvalue weighted by Gasteiger charge is 2.20. The molecule has 25 heavy (non-hydrogen) atoms. The maximum atomic E-state index is 13.7. The van der Waals surface area contributed by atoms with Gasteiger partial charge in [-0.15, -0.1) is 0 Å². The smallest absolute Gasteiger partial charge is 0.191 e. The number of likely N-dealkylation sites (tertiary alicyclic amines) is 1. The summed E-state index contributed by atoms with van der Waals surface area (Å²) in [7, 11) is 0. The maximum absolute atomic E-state index is 13.7. The Hall–Kier alpha value is -1.62. The van der Waals surface area contributed by atoms with Crippen LogP contribution in [-0.2, 0) is 6.54 Å². The van der Waals surface area contributed by atoms with Crippen molar-refractivity contribution in [3.05, 3.63) is 35.6 Å². The molecule has 4 nitrogen and oxygen atoms in total. The van der Waals surface area contributed by atoms with Gasteiger partial charge in [0, 0.05) is 31.7 Å². The van der Waals surface area contributed by atoms with Gasteiger partial charge in [-0.05, 0) is 44.2 Å². The molecule has 0 radical (unpaired) electrons. The maximum Gasteiger partial charge on any atom is 0.191 e. The molecular formula is C20H33FN4. The first kappa shape index (κ1) is 19.7. The molecule has 1 aliphatic heterocycles. The molecule has 1 aliphatic rings. The third-order valence-electron chi connectivity index (χ3n) is 4.49. The van der Waals surface area contributed by atoms with E-state index >= 15 is 0 Å². The van der Waals surface area contributed by atoms with E-state index in [-0.39, 0.29) is 5.82 Å². The van der Waals surface area contributed by atoms with Crippen molar-refractivity contribution in [3.63, 3.8) is 0 Å². The van der Waals surface area contributed by atoms with E-state index in [1.807, 2.05) is 13.0 Å². The van der Waals surface area contributed by atoms with E-state index in [0.717, 1.165) is 25.6 Å². The van der Waals surface area contributed by atoms with Crippen LogP contribution in [0.2, 0.25) is 0 Å². The van der Waals surface area contributed by atoms with E-state index in [4.69, 9.17) is 0 Å². The molecule has 1 atom stereocenters. The van der Waals surface area contributed by atoms with Crippen molar-refractivity contribution in [2.24, 2.45) is 16.8 Å². The number of hydrogen-bond acceptors (Lipinski definition) is 2. The fourth-order valence-corrected chi connectivity index (χ4v) is 3.37. The molecule has 0 amide bonds. The van der Waals surface area contributed by atoms with Crippen molar-refractivity contribution in [2.75, 3.05) is 32.7 Å². The van der Waals surface area contributed by atoms with Crippen LogP contribution < -0.4 is 10.6 Å². The molecule has 2 rings (SSSR count). The van der Waals surface area contributed by atoms with Gasteiger partial charge in [0.05, 0.1) is 6.54 Å². The molecule has 1 saturated heterocycles. The molecule has 1 aromatic rings. The van der Waals surface area contributed by atoms with Crippen molar-refractivity contribution < 1.29 is 4.39 Å². The number of rotatable bonds is 7. The van der Waals surface area contributed by atoms with Gasteiger partial charge in [-0.1, -0.05) is 32.0 Å². The second-order valence-corrected chi connectivity index (χ2v) is 7.33. The van der Waals surface area contributed by atoms with Crippen molar-refractivity contribution >= 4 is 5.96 Å². The quantitative estimate of drug-likeness (QED) is 0.587. The van der Waals surface area contributed by atoms with Gasteiger partial charge in [0.25, 0.3) is 0 Å². The van der Waals surface area contributed by atoms with E-state index in [0.29, 0.717) is 23.9 Å². The molecule has 1 aromatic carbocycles. The Balaban J connectivity index is 1.86. The molecule has 0 aliphatic carbocycles. The molecule has 5 heteroatoms. The second kappa shape index (κ2) is 10.4. The fraction of sp³-hybridized carbons (Fsp3) is 0.650. The molecule has 0 aromatic heterocycles. The third kappa shape index (κ3) is 7.02. The molecule has 1 heterocycles. The Bertz CT molecular complexity index is 544. The minimum absolute atomic E-state index is 0.196. The Kier molecular flexibility index (Phi) is 8.19. The number of hydrogen-bond donors (Lipinski definition) is 2. The van der Waals surface area contributed by atoms with Gasteiger partial charge < -0.3 is 15.5 Å². The largest absolute Gasteiger partial charge is 0.357 e. The lowest BCUT2D eigenvalue weighted by Gasteiger charge is -2.34. The number of nitrogens with one attached hydrogen (secondary N) is 2. The number of nitrogens with zero attached hydrogens (tertiary/aromatic N) is 2. The van der Waals surface area contributed by atoms with E-state index in [1.54, 1.807) is 12.1 Å². The molecule has 0 bridgehead atoms. The number of aliphatic imine (C=N–C) groups is 1. The van der Waals surface area contributed by atoms with Gasteiger partial charge in [0.15, 0.2) is 5.96 Å². The lowest BCUT2D eigenvalue weighted by molar-refractivity contribution is 0.159. The highest BCUT2D eigenvalue weighted by Crippen LogP contribution is 2.16. The summed E-state index contributed by atoms with van der Waals surface area (Å²) >= 11 is 0. The van der Waals surface area contributed by atoms with Gasteiger partial charge in [0.2, 0.25) is 0 Å². The summed E-state index contributed by atoms with van der Waals surface area (Å²) in [6, 6.07) is 6.82. The number of halogens is 1. The van der Waals surface area contributed by atoms with Crippen LogP contribution in [0.3, 0.4) is 0 Å². The summed E-state index contributed by atoms with van der Waals surface area (Å²) in [4.78, 5) is 7.11. The van der Waals surface area contributed by atoms with Crippen molar-refractivity contribution in [2.45, 2.75) is 40.2 Å². The van der Waals surface area contributed by atoms with Crippen LogP contribution in [0, 0.1) is 17.7 Å². The van der Waals surface area contributed by atoms with Gasteiger partial charge in [-0.2, -0.15) is 0 Å². The van der Waals surface area contributed by atoms with Gasteiger partial charge in [-0.25, -0.2) is 9.38 Å². The zero-order valence-corrected chi connectivity index (χ0v) is 15.9. The summed E-state index contributed by atoms with van der Waals surface area (Å²) in [5.41, 5.74) is 0.625. The first-order valence-electron chi connectivity index (χ1n) is 9.56. The molecule has 140 valence electrons. The Morgan fingerprint density at radius 3 is 2.84 bits per heavy atom. The minimum Gasteiger partial charge on any atom is -0.357 e. The first-order valence-corrected chi connectivity index (χ1v) is 9.56. The third-order valence-corrected chi connectivity index (χ3v) is 4.49. The summed E-state index contributed by atoms with van der Waals surface area (Å²) in [5, 5.41) is 6.70. The van der Waals surface area contributed by atoms with Crippen molar-refractivity contribution in [1.82, 2.24) is 15.5 Å². The average molecular weight is 349 g/mol. The molecule has 2 N–H and O–H groups in total. The zero-order chi connectivity index (χ0) is 18.1. The molecule has 1 unspecified atom stereocenters. The van der Waals surface area contributed by atoms with Crippen LogP contribution in [0.4, 0.5) is 4.39 Å². The van der Waals surface area contributed by atoms with Crippen LogP contribution >= 0.6 is 0 Å². The number of benzene rings is 1.